The Morgan fingerprint density at radius 1 is 0.356 bits per heavy atom. The molecule has 3 heterocycles. The zero-order valence-electron chi connectivity index (χ0n) is 24.3. The Labute approximate surface area is 258 Å². The van der Waals surface area contributed by atoms with E-state index in [-0.39, 0.29) is 0 Å². The van der Waals surface area contributed by atoms with Crippen LogP contribution in [0.2, 0.25) is 0 Å². The van der Waals surface area contributed by atoms with E-state index in [0.717, 1.165) is 38.8 Å². The van der Waals surface area contributed by atoms with Gasteiger partial charge >= 0.3 is 0 Å². The van der Waals surface area contributed by atoms with E-state index in [1.54, 1.807) is 0 Å². The van der Waals surface area contributed by atoms with Crippen molar-refractivity contribution in [3.63, 3.8) is 0 Å². The molecule has 0 spiro atoms. The molecule has 0 amide bonds. The molecule has 10 rings (SSSR count). The summed E-state index contributed by atoms with van der Waals surface area (Å²) in [6.45, 7) is 0. The molecular formula is C42H26N2O. The lowest BCUT2D eigenvalue weighted by atomic mass is 10.0. The maximum atomic E-state index is 6.43. The molecular weight excluding hydrogens is 548 g/mol. The van der Waals surface area contributed by atoms with E-state index in [2.05, 4.69) is 155 Å². The minimum Gasteiger partial charge on any atom is -0.455 e. The van der Waals surface area contributed by atoms with Gasteiger partial charge in [-0.1, -0.05) is 103 Å². The van der Waals surface area contributed by atoms with E-state index in [4.69, 9.17) is 4.42 Å². The molecule has 3 aromatic heterocycles. The van der Waals surface area contributed by atoms with E-state index in [9.17, 15) is 0 Å². The first kappa shape index (κ1) is 24.4. The molecule has 7 aromatic carbocycles. The third-order valence-electron chi connectivity index (χ3n) is 9.30. The predicted octanol–water partition coefficient (Wildman–Crippen LogP) is 11.4. The number of nitrogens with zero attached hydrogens (tertiary/aromatic N) is 2. The van der Waals surface area contributed by atoms with Crippen LogP contribution in [-0.4, -0.2) is 9.13 Å². The average Bonchev–Trinajstić information content (AvgIpc) is 3.75. The van der Waals surface area contributed by atoms with Crippen molar-refractivity contribution in [1.82, 2.24) is 9.13 Å². The highest BCUT2D eigenvalue weighted by Gasteiger charge is 2.19. The van der Waals surface area contributed by atoms with Gasteiger partial charge in [0.15, 0.2) is 0 Å². The number of hydrogen-bond donors (Lipinski definition) is 0. The van der Waals surface area contributed by atoms with Crippen molar-refractivity contribution >= 4 is 65.6 Å². The Hall–Kier alpha value is -6.06. The first-order valence-corrected chi connectivity index (χ1v) is 15.4. The van der Waals surface area contributed by atoms with Gasteiger partial charge in [0.2, 0.25) is 0 Å². The van der Waals surface area contributed by atoms with Crippen molar-refractivity contribution in [3.05, 3.63) is 158 Å². The lowest BCUT2D eigenvalue weighted by molar-refractivity contribution is 0.670. The van der Waals surface area contributed by atoms with Crippen molar-refractivity contribution in [2.45, 2.75) is 0 Å². The van der Waals surface area contributed by atoms with Crippen molar-refractivity contribution in [2.24, 2.45) is 0 Å². The Morgan fingerprint density at radius 3 is 1.64 bits per heavy atom. The highest BCUT2D eigenvalue weighted by atomic mass is 16.3. The second kappa shape index (κ2) is 9.22. The molecule has 3 heteroatoms. The molecule has 3 nitrogen and oxygen atoms in total. The van der Waals surface area contributed by atoms with Crippen molar-refractivity contribution in [1.29, 1.82) is 0 Å². The summed E-state index contributed by atoms with van der Waals surface area (Å²) in [7, 11) is 0. The van der Waals surface area contributed by atoms with Crippen molar-refractivity contribution in [3.8, 4) is 22.5 Å². The van der Waals surface area contributed by atoms with E-state index >= 15 is 0 Å². The molecule has 0 saturated carbocycles. The molecule has 210 valence electrons. The topological polar surface area (TPSA) is 23.0 Å². The van der Waals surface area contributed by atoms with Gasteiger partial charge in [-0.25, -0.2) is 0 Å². The summed E-state index contributed by atoms with van der Waals surface area (Å²) < 4.78 is 11.2. The maximum Gasteiger partial charge on any atom is 0.143 e. The standard InChI is InChI=1S/C42H26N2O/c1-2-13-28(14-3-1)43-37-21-7-4-16-31(37)35-26-40-36(25-39(35)43)32-17-5-8-22-38(32)44(40)29-15-10-12-27(24-29)30-19-11-20-34-33-18-6-9-23-41(33)45-42(30)34/h1-26H. The largest absolute Gasteiger partial charge is 0.455 e. The molecule has 0 unspecified atom stereocenters. The fourth-order valence-corrected chi connectivity index (χ4v) is 7.35. The minimum absolute atomic E-state index is 0.914. The number of para-hydroxylation sites is 5. The van der Waals surface area contributed by atoms with Gasteiger partial charge in [-0.2, -0.15) is 0 Å². The lowest BCUT2D eigenvalue weighted by Gasteiger charge is -2.11. The maximum absolute atomic E-state index is 6.43. The van der Waals surface area contributed by atoms with Crippen LogP contribution in [0, 0.1) is 0 Å². The van der Waals surface area contributed by atoms with Crippen LogP contribution in [0.25, 0.3) is 88.1 Å². The highest BCUT2D eigenvalue weighted by molar-refractivity contribution is 6.19. The number of aromatic nitrogens is 2. The quantitative estimate of drug-likeness (QED) is 0.206. The lowest BCUT2D eigenvalue weighted by Crippen LogP contribution is -1.95. The summed E-state index contributed by atoms with van der Waals surface area (Å²) in [4.78, 5) is 0. The molecule has 0 aliphatic rings. The molecule has 0 bridgehead atoms. The summed E-state index contributed by atoms with van der Waals surface area (Å²) in [6, 6.07) is 56.5. The third kappa shape index (κ3) is 3.46. The molecule has 0 radical (unpaired) electrons. The first-order chi connectivity index (χ1) is 22.3. The summed E-state index contributed by atoms with van der Waals surface area (Å²) in [6.07, 6.45) is 0. The average molecular weight is 575 g/mol. The molecule has 10 aromatic rings. The summed E-state index contributed by atoms with van der Waals surface area (Å²) >= 11 is 0. The molecule has 0 N–H and O–H groups in total. The van der Waals surface area contributed by atoms with Crippen molar-refractivity contribution < 1.29 is 4.42 Å². The molecule has 0 aliphatic carbocycles. The van der Waals surface area contributed by atoms with E-state index < -0.39 is 0 Å². The van der Waals surface area contributed by atoms with Gasteiger partial charge in [-0.05, 0) is 60.2 Å². The van der Waals surface area contributed by atoms with Crippen LogP contribution in [-0.2, 0) is 0 Å². The summed E-state index contributed by atoms with van der Waals surface area (Å²) in [5.41, 5.74) is 11.2. The number of benzene rings is 7. The Bertz CT molecular complexity index is 2760. The zero-order chi connectivity index (χ0) is 29.5. The summed E-state index contributed by atoms with van der Waals surface area (Å²) in [5, 5.41) is 7.26. The number of rotatable bonds is 3. The van der Waals surface area contributed by atoms with Crippen LogP contribution >= 0.6 is 0 Å². The van der Waals surface area contributed by atoms with Crippen LogP contribution in [0.1, 0.15) is 0 Å². The zero-order valence-corrected chi connectivity index (χ0v) is 24.3. The first-order valence-electron chi connectivity index (χ1n) is 15.4. The van der Waals surface area contributed by atoms with Gasteiger partial charge < -0.3 is 13.6 Å². The van der Waals surface area contributed by atoms with Crippen LogP contribution in [0.4, 0.5) is 0 Å². The highest BCUT2D eigenvalue weighted by Crippen LogP contribution is 2.41. The fourth-order valence-electron chi connectivity index (χ4n) is 7.35. The van der Waals surface area contributed by atoms with Gasteiger partial charge in [0, 0.05) is 49.3 Å². The third-order valence-corrected chi connectivity index (χ3v) is 9.30. The van der Waals surface area contributed by atoms with Crippen LogP contribution < -0.4 is 0 Å². The van der Waals surface area contributed by atoms with Gasteiger partial charge in [0.25, 0.3) is 0 Å². The molecule has 0 atom stereocenters. The number of fused-ring (bicyclic) bond motifs is 9. The number of furan rings is 1. The van der Waals surface area contributed by atoms with Crippen LogP contribution in [0.5, 0.6) is 0 Å². The second-order valence-electron chi connectivity index (χ2n) is 11.8. The fraction of sp³-hybridized carbons (Fsp3) is 0. The SMILES string of the molecule is c1ccc(-n2c3ccccc3c3cc4c(cc32)c2ccccc2n4-c2cccc(-c3cccc4c3oc3ccccc34)c2)cc1. The van der Waals surface area contributed by atoms with E-state index in [1.165, 1.54) is 49.3 Å². The summed E-state index contributed by atoms with van der Waals surface area (Å²) in [5.74, 6) is 0. The molecule has 0 aliphatic heterocycles. The normalized spacial score (nSPS) is 12.0. The Morgan fingerprint density at radius 2 is 0.911 bits per heavy atom. The van der Waals surface area contributed by atoms with E-state index in [1.807, 2.05) is 12.1 Å². The second-order valence-corrected chi connectivity index (χ2v) is 11.8. The Balaban J connectivity index is 1.26. The van der Waals surface area contributed by atoms with Gasteiger partial charge in [0.05, 0.1) is 22.1 Å². The smallest absolute Gasteiger partial charge is 0.143 e. The molecule has 0 fully saturated rings. The minimum atomic E-state index is 0.914. The van der Waals surface area contributed by atoms with Crippen molar-refractivity contribution in [2.75, 3.05) is 0 Å². The van der Waals surface area contributed by atoms with Gasteiger partial charge in [-0.15, -0.1) is 0 Å². The Kier molecular flexibility index (Phi) is 5.00. The molecule has 0 saturated heterocycles. The predicted molar refractivity (Wildman–Crippen MR) is 188 cm³/mol. The molecule has 45 heavy (non-hydrogen) atoms. The van der Waals surface area contributed by atoms with Gasteiger partial charge in [-0.3, -0.25) is 0 Å². The van der Waals surface area contributed by atoms with E-state index in [0.29, 0.717) is 0 Å². The monoisotopic (exact) mass is 574 g/mol. The van der Waals surface area contributed by atoms with Gasteiger partial charge in [0.1, 0.15) is 11.2 Å². The van der Waals surface area contributed by atoms with Crippen LogP contribution in [0.3, 0.4) is 0 Å². The number of hydrogen-bond acceptors (Lipinski definition) is 1. The van der Waals surface area contributed by atoms with Crippen LogP contribution in [0.15, 0.2) is 162 Å².